The lowest BCUT2D eigenvalue weighted by atomic mass is 10.0. The highest BCUT2D eigenvalue weighted by atomic mass is 19.4. The first-order chi connectivity index (χ1) is 22.2. The van der Waals surface area contributed by atoms with E-state index >= 15 is 0 Å². The van der Waals surface area contributed by atoms with E-state index < -0.39 is 24.2 Å². The lowest BCUT2D eigenvalue weighted by molar-refractivity contribution is -0.206. The van der Waals surface area contributed by atoms with Crippen molar-refractivity contribution in [2.75, 3.05) is 6.61 Å². The summed E-state index contributed by atoms with van der Waals surface area (Å²) in [5.41, 5.74) is 2.03. The number of carbonyl (C=O) groups excluding carboxylic acids is 2. The summed E-state index contributed by atoms with van der Waals surface area (Å²) in [7, 11) is 0. The van der Waals surface area contributed by atoms with Crippen LogP contribution in [-0.2, 0) is 4.74 Å². The first kappa shape index (κ1) is 36.7. The molecule has 0 aliphatic carbocycles. The summed E-state index contributed by atoms with van der Waals surface area (Å²) >= 11 is 0. The van der Waals surface area contributed by atoms with E-state index in [2.05, 4.69) is 6.92 Å². The van der Waals surface area contributed by atoms with Gasteiger partial charge in [-0.1, -0.05) is 108 Å². The van der Waals surface area contributed by atoms with Crippen LogP contribution in [-0.4, -0.2) is 30.8 Å². The molecule has 0 N–H and O–H groups in total. The molecular formula is C38H47F3O5. The SMILES string of the molecule is CCCCCCCCCCOc1ccc(-c2ccc(C(=O)Oc3cccc(C(=O)O[C@H](CCCCCC)C(F)(F)F)c3)cc2)cc1. The van der Waals surface area contributed by atoms with Crippen LogP contribution in [0.5, 0.6) is 11.5 Å². The van der Waals surface area contributed by atoms with Gasteiger partial charge in [-0.25, -0.2) is 9.59 Å². The Kier molecular flexibility index (Phi) is 15.7. The molecule has 0 radical (unpaired) electrons. The van der Waals surface area contributed by atoms with Crippen LogP contribution in [0, 0.1) is 0 Å². The predicted octanol–water partition coefficient (Wildman–Crippen LogP) is 11.2. The molecule has 1 atom stereocenters. The molecule has 3 aromatic rings. The van der Waals surface area contributed by atoms with E-state index in [0.29, 0.717) is 19.4 Å². The zero-order chi connectivity index (χ0) is 33.2. The molecule has 0 saturated heterocycles. The van der Waals surface area contributed by atoms with Crippen LogP contribution >= 0.6 is 0 Å². The van der Waals surface area contributed by atoms with Crippen LogP contribution < -0.4 is 9.47 Å². The van der Waals surface area contributed by atoms with E-state index in [9.17, 15) is 22.8 Å². The van der Waals surface area contributed by atoms with Gasteiger partial charge in [-0.3, -0.25) is 0 Å². The monoisotopic (exact) mass is 640 g/mol. The van der Waals surface area contributed by atoms with E-state index in [4.69, 9.17) is 14.2 Å². The Balaban J connectivity index is 1.49. The second kappa shape index (κ2) is 19.6. The van der Waals surface area contributed by atoms with Gasteiger partial charge >= 0.3 is 18.1 Å². The Morgan fingerprint density at radius 2 is 1.20 bits per heavy atom. The van der Waals surface area contributed by atoms with Gasteiger partial charge < -0.3 is 14.2 Å². The second-order valence-electron chi connectivity index (χ2n) is 11.6. The first-order valence-corrected chi connectivity index (χ1v) is 16.6. The van der Waals surface area contributed by atoms with Gasteiger partial charge in [-0.05, 0) is 72.9 Å². The van der Waals surface area contributed by atoms with Crippen LogP contribution in [0.25, 0.3) is 11.1 Å². The third-order valence-corrected chi connectivity index (χ3v) is 7.79. The zero-order valence-electron chi connectivity index (χ0n) is 27.1. The zero-order valence-corrected chi connectivity index (χ0v) is 27.1. The van der Waals surface area contributed by atoms with Crippen molar-refractivity contribution in [3.63, 3.8) is 0 Å². The van der Waals surface area contributed by atoms with E-state index in [1.54, 1.807) is 24.3 Å². The topological polar surface area (TPSA) is 61.8 Å². The molecule has 0 unspecified atom stereocenters. The van der Waals surface area contributed by atoms with Crippen molar-refractivity contribution in [3.8, 4) is 22.6 Å². The van der Waals surface area contributed by atoms with Gasteiger partial charge in [-0.15, -0.1) is 0 Å². The summed E-state index contributed by atoms with van der Waals surface area (Å²) in [5, 5.41) is 0. The molecule has 0 aliphatic rings. The Morgan fingerprint density at radius 3 is 1.80 bits per heavy atom. The van der Waals surface area contributed by atoms with Crippen LogP contribution in [0.2, 0.25) is 0 Å². The fourth-order valence-electron chi connectivity index (χ4n) is 5.06. The number of halogens is 3. The molecule has 3 rings (SSSR count). The largest absolute Gasteiger partial charge is 0.494 e. The van der Waals surface area contributed by atoms with Gasteiger partial charge in [0.05, 0.1) is 17.7 Å². The Hall–Kier alpha value is -3.81. The molecule has 0 bridgehead atoms. The molecule has 0 aliphatic heterocycles. The third-order valence-electron chi connectivity index (χ3n) is 7.79. The number of hydrogen-bond acceptors (Lipinski definition) is 5. The molecular weight excluding hydrogens is 593 g/mol. The van der Waals surface area contributed by atoms with Gasteiger partial charge in [0.2, 0.25) is 0 Å². The maximum absolute atomic E-state index is 13.5. The molecule has 5 nitrogen and oxygen atoms in total. The summed E-state index contributed by atoms with van der Waals surface area (Å²) in [6, 6.07) is 20.1. The molecule has 0 saturated carbocycles. The highest BCUT2D eigenvalue weighted by Crippen LogP contribution is 2.29. The van der Waals surface area contributed by atoms with Gasteiger partial charge in [0.25, 0.3) is 0 Å². The van der Waals surface area contributed by atoms with Gasteiger partial charge in [-0.2, -0.15) is 13.2 Å². The number of unbranched alkanes of at least 4 members (excludes halogenated alkanes) is 10. The second-order valence-corrected chi connectivity index (χ2v) is 11.6. The van der Waals surface area contributed by atoms with Crippen LogP contribution in [0.15, 0.2) is 72.8 Å². The van der Waals surface area contributed by atoms with Crippen molar-refractivity contribution in [3.05, 3.63) is 83.9 Å². The highest BCUT2D eigenvalue weighted by Gasteiger charge is 2.42. The molecule has 8 heteroatoms. The summed E-state index contributed by atoms with van der Waals surface area (Å²) < 4.78 is 56.5. The summed E-state index contributed by atoms with van der Waals surface area (Å²) in [6.45, 7) is 4.89. The molecule has 0 amide bonds. The Morgan fingerprint density at radius 1 is 0.630 bits per heavy atom. The van der Waals surface area contributed by atoms with E-state index in [0.717, 1.165) is 36.1 Å². The van der Waals surface area contributed by atoms with Crippen molar-refractivity contribution < 1.29 is 37.0 Å². The summed E-state index contributed by atoms with van der Waals surface area (Å²) in [4.78, 5) is 25.3. The number of benzene rings is 3. The molecule has 3 aromatic carbocycles. The van der Waals surface area contributed by atoms with Crippen LogP contribution in [0.3, 0.4) is 0 Å². The van der Waals surface area contributed by atoms with Gasteiger partial charge in [0, 0.05) is 0 Å². The number of carbonyl (C=O) groups is 2. The van der Waals surface area contributed by atoms with E-state index in [1.807, 2.05) is 31.2 Å². The van der Waals surface area contributed by atoms with E-state index in [-0.39, 0.29) is 23.3 Å². The third kappa shape index (κ3) is 12.9. The van der Waals surface area contributed by atoms with Crippen molar-refractivity contribution >= 4 is 11.9 Å². The van der Waals surface area contributed by atoms with Crippen LogP contribution in [0.4, 0.5) is 13.2 Å². The van der Waals surface area contributed by atoms with Gasteiger partial charge in [0.15, 0.2) is 6.10 Å². The number of hydrogen-bond donors (Lipinski definition) is 0. The lowest BCUT2D eigenvalue weighted by Gasteiger charge is -2.20. The van der Waals surface area contributed by atoms with Crippen molar-refractivity contribution in [2.24, 2.45) is 0 Å². The smallest absolute Gasteiger partial charge is 0.425 e. The lowest BCUT2D eigenvalue weighted by Crippen LogP contribution is -2.33. The predicted molar refractivity (Wildman–Crippen MR) is 175 cm³/mol. The van der Waals surface area contributed by atoms with E-state index in [1.165, 1.54) is 69.2 Å². The first-order valence-electron chi connectivity index (χ1n) is 16.6. The maximum atomic E-state index is 13.5. The molecule has 46 heavy (non-hydrogen) atoms. The number of alkyl halides is 3. The minimum absolute atomic E-state index is 0.0255. The fraction of sp³-hybridized carbons (Fsp3) is 0.474. The maximum Gasteiger partial charge on any atom is 0.425 e. The standard InChI is InChI=1S/C38H47F3O5/c1-3-5-7-9-10-11-12-14-27-44-33-25-23-30(24-26-33)29-19-21-31(22-20-29)36(42)45-34-17-15-16-32(28-34)37(43)46-35(38(39,40)41)18-13-8-6-4-2/h15-17,19-26,28,35H,3-14,18,27H2,1-2H3/t35-/m1/s1. The fourth-order valence-corrected chi connectivity index (χ4v) is 5.06. The Labute approximate surface area is 271 Å². The summed E-state index contributed by atoms with van der Waals surface area (Å²) in [6.07, 6.45) is 5.50. The van der Waals surface area contributed by atoms with Crippen LogP contribution in [0.1, 0.15) is 118 Å². The molecule has 0 aromatic heterocycles. The average Bonchev–Trinajstić information content (AvgIpc) is 3.05. The number of rotatable bonds is 20. The minimum Gasteiger partial charge on any atom is -0.494 e. The molecule has 0 heterocycles. The Bertz CT molecular complexity index is 1320. The number of esters is 2. The quantitative estimate of drug-likeness (QED) is 0.0698. The molecule has 250 valence electrons. The van der Waals surface area contributed by atoms with Crippen molar-refractivity contribution in [1.29, 1.82) is 0 Å². The van der Waals surface area contributed by atoms with Gasteiger partial charge in [0.1, 0.15) is 11.5 Å². The van der Waals surface area contributed by atoms with Crippen molar-refractivity contribution in [2.45, 2.75) is 110 Å². The normalized spacial score (nSPS) is 12.0. The molecule has 0 spiro atoms. The summed E-state index contributed by atoms with van der Waals surface area (Å²) in [5.74, 6) is -0.938. The molecule has 0 fully saturated rings. The average molecular weight is 641 g/mol. The highest BCUT2D eigenvalue weighted by molar-refractivity contribution is 5.93. The van der Waals surface area contributed by atoms with Crippen molar-refractivity contribution in [1.82, 2.24) is 0 Å². The minimum atomic E-state index is -4.67. The number of ether oxygens (including phenoxy) is 3.